The summed E-state index contributed by atoms with van der Waals surface area (Å²) in [6.45, 7) is 8.05. The molecule has 0 spiro atoms. The van der Waals surface area contributed by atoms with Crippen molar-refractivity contribution in [3.05, 3.63) is 110 Å². The van der Waals surface area contributed by atoms with E-state index in [1.807, 2.05) is 39.8 Å². The molecule has 50 heavy (non-hydrogen) atoms. The van der Waals surface area contributed by atoms with Crippen LogP contribution < -0.4 is 17.0 Å². The fourth-order valence-corrected chi connectivity index (χ4v) is 5.29. The highest BCUT2D eigenvalue weighted by Gasteiger charge is 2.51. The van der Waals surface area contributed by atoms with Crippen molar-refractivity contribution in [1.82, 2.24) is 19.1 Å². The molecule has 0 amide bonds. The third-order valence-corrected chi connectivity index (χ3v) is 9.14. The van der Waals surface area contributed by atoms with Crippen molar-refractivity contribution < 1.29 is 36.5 Å². The smallest absolute Gasteiger partial charge is 0.408 e. The van der Waals surface area contributed by atoms with Crippen molar-refractivity contribution in [3.63, 3.8) is 0 Å². The minimum Gasteiger partial charge on any atom is -0.408 e. The van der Waals surface area contributed by atoms with Gasteiger partial charge in [-0.05, 0) is 78.9 Å². The number of pyridine rings is 2. The molecule has 1 saturated heterocycles. The maximum atomic E-state index is 13.6. The van der Waals surface area contributed by atoms with Gasteiger partial charge in [-0.15, -0.1) is 0 Å². The second kappa shape index (κ2) is 14.1. The van der Waals surface area contributed by atoms with Crippen molar-refractivity contribution in [2.24, 2.45) is 14.1 Å². The number of aryl methyl sites for hydroxylation is 2. The van der Waals surface area contributed by atoms with E-state index in [4.69, 9.17) is 18.1 Å². The number of oxazole rings is 2. The lowest BCUT2D eigenvalue weighted by Crippen LogP contribution is -2.41. The number of hydrogen-bond donors (Lipinski definition) is 0. The molecule has 6 aromatic rings. The number of halogens is 3. The SMILES string of the molecule is Cn1c(=O)oc2ccc(-c3cncc(F)c3C=O)cc21.Cn1c(=O)oc2ccc(B3OC(C)(C)C(C)(C)O3)cc21.O=Cc1c(F)cncc1Br. The summed E-state index contributed by atoms with van der Waals surface area (Å²) in [5.41, 5.74) is 3.32. The molecule has 0 saturated carbocycles. The Hall–Kier alpha value is -5.06. The second-order valence-electron chi connectivity index (χ2n) is 12.2. The molecule has 5 heterocycles. The second-order valence-corrected chi connectivity index (χ2v) is 13.0. The molecule has 7 rings (SSSR count). The molecule has 1 aliphatic heterocycles. The number of fused-ring (bicyclic) bond motifs is 2. The van der Waals surface area contributed by atoms with Crippen LogP contribution in [0.15, 0.2) is 84.1 Å². The van der Waals surface area contributed by atoms with E-state index in [2.05, 4.69) is 25.9 Å². The van der Waals surface area contributed by atoms with E-state index in [9.17, 15) is 28.0 Å². The first-order chi connectivity index (χ1) is 23.6. The molecule has 0 unspecified atom stereocenters. The topological polar surface area (TPSA) is 149 Å². The van der Waals surface area contributed by atoms with Gasteiger partial charge in [-0.25, -0.2) is 18.4 Å². The summed E-state index contributed by atoms with van der Waals surface area (Å²) >= 11 is 2.97. The average Bonchev–Trinajstić information content (AvgIpc) is 3.61. The number of nitrogens with zero attached hydrogens (tertiary/aromatic N) is 4. The fraction of sp³-hybridized carbons (Fsp3) is 0.235. The van der Waals surface area contributed by atoms with Crippen molar-refractivity contribution in [3.8, 4) is 11.1 Å². The van der Waals surface area contributed by atoms with Gasteiger partial charge in [0.05, 0.1) is 45.8 Å². The molecule has 2 aromatic carbocycles. The predicted octanol–water partition coefficient (Wildman–Crippen LogP) is 5.37. The van der Waals surface area contributed by atoms with Crippen LogP contribution in [0.1, 0.15) is 48.4 Å². The summed E-state index contributed by atoms with van der Waals surface area (Å²) in [5.74, 6) is -2.14. The lowest BCUT2D eigenvalue weighted by Gasteiger charge is -2.32. The van der Waals surface area contributed by atoms with Gasteiger partial charge in [0.1, 0.15) is 0 Å². The summed E-state index contributed by atoms with van der Waals surface area (Å²) in [5, 5.41) is 0. The molecular weight excluding hydrogens is 721 g/mol. The van der Waals surface area contributed by atoms with E-state index in [1.165, 1.54) is 21.5 Å². The highest BCUT2D eigenvalue weighted by Crippen LogP contribution is 2.36. The van der Waals surface area contributed by atoms with Gasteiger partial charge in [-0.3, -0.25) is 28.7 Å². The first kappa shape index (κ1) is 36.2. The first-order valence-corrected chi connectivity index (χ1v) is 15.8. The highest BCUT2D eigenvalue weighted by molar-refractivity contribution is 9.10. The number of aldehydes is 2. The Morgan fingerprint density at radius 3 is 1.76 bits per heavy atom. The van der Waals surface area contributed by atoms with Gasteiger partial charge in [0.25, 0.3) is 0 Å². The number of hydrogen-bond acceptors (Lipinski definition) is 10. The van der Waals surface area contributed by atoms with Crippen LogP contribution in [0.2, 0.25) is 0 Å². The molecule has 0 aliphatic carbocycles. The van der Waals surface area contributed by atoms with Gasteiger partial charge in [-0.2, -0.15) is 0 Å². The maximum absolute atomic E-state index is 13.6. The Balaban J connectivity index is 0.000000154. The lowest BCUT2D eigenvalue weighted by molar-refractivity contribution is 0.00578. The van der Waals surface area contributed by atoms with Crippen LogP contribution in [-0.4, -0.2) is 50.0 Å². The minimum atomic E-state index is -0.682. The van der Waals surface area contributed by atoms with Crippen molar-refractivity contribution in [1.29, 1.82) is 0 Å². The molecule has 0 radical (unpaired) electrons. The normalized spacial score (nSPS) is 14.5. The molecule has 16 heteroatoms. The van der Waals surface area contributed by atoms with Gasteiger partial charge in [0, 0.05) is 36.5 Å². The van der Waals surface area contributed by atoms with Crippen LogP contribution in [0.4, 0.5) is 8.78 Å². The number of carbonyl (C=O) groups excluding carboxylic acids is 2. The van der Waals surface area contributed by atoms with Crippen LogP contribution in [0.3, 0.4) is 0 Å². The van der Waals surface area contributed by atoms with E-state index in [1.54, 1.807) is 38.4 Å². The van der Waals surface area contributed by atoms with Gasteiger partial charge in [-0.1, -0.05) is 12.1 Å². The van der Waals surface area contributed by atoms with Crippen molar-refractivity contribution in [2.45, 2.75) is 38.9 Å². The summed E-state index contributed by atoms with van der Waals surface area (Å²) in [6, 6.07) is 10.4. The number of benzene rings is 2. The summed E-state index contributed by atoms with van der Waals surface area (Å²) in [7, 11) is 2.82. The van der Waals surface area contributed by atoms with Crippen LogP contribution >= 0.6 is 15.9 Å². The molecule has 0 bridgehead atoms. The molecular formula is C34H30BBrF2N4O8. The summed E-state index contributed by atoms with van der Waals surface area (Å²) in [6.07, 6.45) is 5.65. The summed E-state index contributed by atoms with van der Waals surface area (Å²) < 4.78 is 51.4. The number of aromatic nitrogens is 4. The lowest BCUT2D eigenvalue weighted by atomic mass is 9.79. The zero-order chi connectivity index (χ0) is 36.5. The van der Waals surface area contributed by atoms with Crippen LogP contribution in [0.5, 0.6) is 0 Å². The Morgan fingerprint density at radius 2 is 1.24 bits per heavy atom. The largest absolute Gasteiger partial charge is 0.494 e. The van der Waals surface area contributed by atoms with E-state index in [0.29, 0.717) is 44.9 Å². The van der Waals surface area contributed by atoms with Crippen molar-refractivity contribution in [2.75, 3.05) is 0 Å². The standard InChI is InChI=1S/C14H18BNO4.C14H9FN2O3.C6H3BrFNO/c1-13(2)14(3,4)20-15(19-13)9-6-7-11-10(8-9)16(5)12(17)18-11;1-17-12-4-8(2-3-13(12)20-14(17)19)9-5-16-6-11(15)10(9)7-18;7-5-1-9-2-6(8)4(5)3-10/h6-8H,1-5H3;2-7H,1H3;1-3H. The Bertz CT molecular complexity index is 2330. The predicted molar refractivity (Wildman–Crippen MR) is 184 cm³/mol. The summed E-state index contributed by atoms with van der Waals surface area (Å²) in [4.78, 5) is 51.4. The van der Waals surface area contributed by atoms with Crippen molar-refractivity contribution >= 4 is 63.3 Å². The Kier molecular flexibility index (Phi) is 10.2. The molecule has 1 fully saturated rings. The Labute approximate surface area is 291 Å². The van der Waals surface area contributed by atoms with Gasteiger partial charge >= 0.3 is 18.6 Å². The minimum absolute atomic E-state index is 0.00926. The van der Waals surface area contributed by atoms with Crippen LogP contribution in [-0.2, 0) is 23.4 Å². The van der Waals surface area contributed by atoms with Gasteiger partial charge in [0.2, 0.25) is 0 Å². The molecule has 258 valence electrons. The number of carbonyl (C=O) groups is 2. The Morgan fingerprint density at radius 1 is 0.740 bits per heavy atom. The van der Waals surface area contributed by atoms with Crippen LogP contribution in [0.25, 0.3) is 33.3 Å². The number of rotatable bonds is 4. The third kappa shape index (κ3) is 6.99. The zero-order valence-electron chi connectivity index (χ0n) is 27.7. The molecule has 1 aliphatic rings. The van der Waals surface area contributed by atoms with E-state index in [0.717, 1.165) is 23.4 Å². The quantitative estimate of drug-likeness (QED) is 0.170. The monoisotopic (exact) mass is 750 g/mol. The van der Waals surface area contributed by atoms with Gasteiger partial charge < -0.3 is 18.1 Å². The molecule has 0 atom stereocenters. The maximum Gasteiger partial charge on any atom is 0.494 e. The fourth-order valence-electron chi connectivity index (χ4n) is 4.89. The van der Waals surface area contributed by atoms with E-state index >= 15 is 0 Å². The van der Waals surface area contributed by atoms with E-state index in [-0.39, 0.29) is 28.1 Å². The van der Waals surface area contributed by atoms with Crippen LogP contribution in [0, 0.1) is 11.6 Å². The molecule has 12 nitrogen and oxygen atoms in total. The zero-order valence-corrected chi connectivity index (χ0v) is 29.3. The molecule has 4 aromatic heterocycles. The first-order valence-electron chi connectivity index (χ1n) is 15.0. The van der Waals surface area contributed by atoms with E-state index < -0.39 is 24.5 Å². The molecule has 0 N–H and O–H groups in total. The third-order valence-electron chi connectivity index (χ3n) is 8.51. The average molecular weight is 751 g/mol. The highest BCUT2D eigenvalue weighted by atomic mass is 79.9. The van der Waals surface area contributed by atoms with Gasteiger partial charge in [0.15, 0.2) is 35.4 Å².